The summed E-state index contributed by atoms with van der Waals surface area (Å²) in [5, 5.41) is 12.8. The molecule has 4 rings (SSSR count). The lowest BCUT2D eigenvalue weighted by atomic mass is 10.0. The van der Waals surface area contributed by atoms with Crippen LogP contribution >= 0.6 is 23.1 Å². The highest BCUT2D eigenvalue weighted by Crippen LogP contribution is 2.48. The number of benzene rings is 1. The summed E-state index contributed by atoms with van der Waals surface area (Å²) >= 11 is 2.24. The number of fused-ring (bicyclic) bond motifs is 1. The zero-order valence-corrected chi connectivity index (χ0v) is 16.8. The number of aromatic hydroxyl groups is 1. The highest BCUT2D eigenvalue weighted by Gasteiger charge is 2.49. The van der Waals surface area contributed by atoms with Gasteiger partial charge in [-0.15, -0.1) is 28.2 Å². The highest BCUT2D eigenvalue weighted by molar-refractivity contribution is 8.01. The van der Waals surface area contributed by atoms with Gasteiger partial charge in [0.15, 0.2) is 17.4 Å². The molecule has 2 amide bonds. The van der Waals surface area contributed by atoms with Gasteiger partial charge in [0.25, 0.3) is 11.8 Å². The van der Waals surface area contributed by atoms with Gasteiger partial charge in [0.1, 0.15) is 16.4 Å². The molecule has 2 saturated heterocycles. The standard InChI is InChI=1S/C17H15F2N3O5S2/c1-17(2)13(16(26)27-22-8(23)3-4-9(22)24)21-15(29-17)14-20-7-5-6(18)11(25)10(19)12(7)28-14/h5,13,15,21,25H,3-4H2,1-2H3. The molecule has 1 aromatic heterocycles. The number of halogens is 2. The van der Waals surface area contributed by atoms with Gasteiger partial charge >= 0.3 is 5.97 Å². The third-order valence-electron chi connectivity index (χ3n) is 4.65. The Morgan fingerprint density at radius 2 is 2.00 bits per heavy atom. The number of aromatic nitrogens is 1. The summed E-state index contributed by atoms with van der Waals surface area (Å²) in [7, 11) is 0. The van der Waals surface area contributed by atoms with E-state index < -0.39 is 51.3 Å². The van der Waals surface area contributed by atoms with E-state index in [1.165, 1.54) is 11.8 Å². The molecular formula is C17H15F2N3O5S2. The van der Waals surface area contributed by atoms with E-state index in [1.807, 2.05) is 0 Å². The van der Waals surface area contributed by atoms with Crippen molar-refractivity contribution in [3.8, 4) is 5.75 Å². The Kier molecular flexibility index (Phi) is 4.74. The molecule has 2 unspecified atom stereocenters. The quantitative estimate of drug-likeness (QED) is 0.696. The minimum absolute atomic E-state index is 0.00149. The van der Waals surface area contributed by atoms with Gasteiger partial charge in [0.2, 0.25) is 0 Å². The first-order valence-electron chi connectivity index (χ1n) is 8.57. The average molecular weight is 443 g/mol. The van der Waals surface area contributed by atoms with Crippen molar-refractivity contribution in [2.75, 3.05) is 0 Å². The van der Waals surface area contributed by atoms with Crippen LogP contribution in [-0.2, 0) is 19.2 Å². The SMILES string of the molecule is CC1(C)SC(c2nc3cc(F)c(O)c(F)c3s2)NC1C(=O)ON1C(=O)CCC1=O. The van der Waals surface area contributed by atoms with Crippen molar-refractivity contribution in [2.24, 2.45) is 0 Å². The van der Waals surface area contributed by atoms with Gasteiger partial charge in [-0.05, 0) is 13.8 Å². The normalized spacial score (nSPS) is 23.9. The number of imide groups is 1. The molecular weight excluding hydrogens is 428 g/mol. The molecule has 0 spiro atoms. The van der Waals surface area contributed by atoms with E-state index in [4.69, 9.17) is 4.84 Å². The summed E-state index contributed by atoms with van der Waals surface area (Å²) in [6.45, 7) is 3.53. The molecule has 3 heterocycles. The average Bonchev–Trinajstić information content (AvgIpc) is 3.30. The summed E-state index contributed by atoms with van der Waals surface area (Å²) < 4.78 is 27.0. The molecule has 8 nitrogen and oxygen atoms in total. The van der Waals surface area contributed by atoms with E-state index in [1.54, 1.807) is 13.8 Å². The van der Waals surface area contributed by atoms with Crippen molar-refractivity contribution in [3.63, 3.8) is 0 Å². The molecule has 12 heteroatoms. The first-order valence-corrected chi connectivity index (χ1v) is 10.3. The van der Waals surface area contributed by atoms with Gasteiger partial charge in [-0.1, -0.05) is 0 Å². The van der Waals surface area contributed by atoms with Crippen LogP contribution in [0.25, 0.3) is 10.2 Å². The zero-order valence-electron chi connectivity index (χ0n) is 15.2. The Morgan fingerprint density at radius 1 is 1.34 bits per heavy atom. The van der Waals surface area contributed by atoms with Crippen LogP contribution in [0.5, 0.6) is 5.75 Å². The Balaban J connectivity index is 1.58. The van der Waals surface area contributed by atoms with Gasteiger partial charge in [-0.2, -0.15) is 0 Å². The van der Waals surface area contributed by atoms with Gasteiger partial charge in [-0.3, -0.25) is 14.9 Å². The molecule has 154 valence electrons. The minimum atomic E-state index is -1.11. The first-order chi connectivity index (χ1) is 13.6. The second-order valence-electron chi connectivity index (χ2n) is 7.11. The molecule has 0 bridgehead atoms. The maximum atomic E-state index is 14.1. The Bertz CT molecular complexity index is 1040. The lowest BCUT2D eigenvalue weighted by Gasteiger charge is -2.24. The van der Waals surface area contributed by atoms with Crippen LogP contribution in [0.3, 0.4) is 0 Å². The summed E-state index contributed by atoms with van der Waals surface area (Å²) in [4.78, 5) is 45.2. The fourth-order valence-corrected chi connectivity index (χ4v) is 5.63. The van der Waals surface area contributed by atoms with Gasteiger partial charge in [0, 0.05) is 23.7 Å². The van der Waals surface area contributed by atoms with Crippen LogP contribution in [0.2, 0.25) is 0 Å². The van der Waals surface area contributed by atoms with Crippen LogP contribution in [0, 0.1) is 11.6 Å². The second-order valence-corrected chi connectivity index (χ2v) is 9.90. The fourth-order valence-electron chi connectivity index (χ4n) is 3.15. The molecule has 29 heavy (non-hydrogen) atoms. The Morgan fingerprint density at radius 3 is 2.66 bits per heavy atom. The van der Waals surface area contributed by atoms with Crippen LogP contribution in [0.1, 0.15) is 37.1 Å². The minimum Gasteiger partial charge on any atom is -0.503 e. The van der Waals surface area contributed by atoms with Gasteiger partial charge < -0.3 is 9.94 Å². The largest absolute Gasteiger partial charge is 0.503 e. The Hall–Kier alpha value is -2.31. The first kappa shape index (κ1) is 20.0. The molecule has 0 saturated carbocycles. The van der Waals surface area contributed by atoms with Gasteiger partial charge in [0.05, 0.1) is 10.2 Å². The lowest BCUT2D eigenvalue weighted by Crippen LogP contribution is -2.48. The molecule has 2 N–H and O–H groups in total. The van der Waals surface area contributed by atoms with Crippen molar-refractivity contribution < 1.29 is 33.1 Å². The molecule has 0 aliphatic carbocycles. The Labute approximate surface area is 171 Å². The number of thiazole rings is 1. The van der Waals surface area contributed by atoms with Crippen molar-refractivity contribution >= 4 is 51.1 Å². The number of hydroxylamine groups is 2. The fraction of sp³-hybridized carbons (Fsp3) is 0.412. The van der Waals surface area contributed by atoms with Crippen molar-refractivity contribution in [1.82, 2.24) is 15.4 Å². The summed E-state index contributed by atoms with van der Waals surface area (Å²) in [5.41, 5.74) is 0.0530. The third kappa shape index (κ3) is 3.34. The van der Waals surface area contributed by atoms with E-state index in [9.17, 15) is 28.3 Å². The van der Waals surface area contributed by atoms with E-state index in [0.717, 1.165) is 17.4 Å². The monoisotopic (exact) mass is 443 g/mol. The molecule has 2 aromatic rings. The molecule has 2 aliphatic heterocycles. The van der Waals surface area contributed by atoms with E-state index in [2.05, 4.69) is 10.3 Å². The molecule has 1 aromatic carbocycles. The number of phenolic OH excluding ortho intramolecular Hbond substituents is 1. The molecule has 2 aliphatic rings. The summed E-state index contributed by atoms with van der Waals surface area (Å²) in [6.07, 6.45) is -0.0166. The van der Waals surface area contributed by atoms with Crippen molar-refractivity contribution in [2.45, 2.75) is 42.9 Å². The summed E-state index contributed by atoms with van der Waals surface area (Å²) in [5.74, 6) is -5.22. The lowest BCUT2D eigenvalue weighted by molar-refractivity contribution is -0.199. The van der Waals surface area contributed by atoms with Gasteiger partial charge in [-0.25, -0.2) is 18.6 Å². The maximum absolute atomic E-state index is 14.1. The molecule has 0 radical (unpaired) electrons. The smallest absolute Gasteiger partial charge is 0.351 e. The number of carbonyl (C=O) groups is 3. The number of thioether (sulfide) groups is 1. The third-order valence-corrected chi connectivity index (χ3v) is 7.36. The van der Waals surface area contributed by atoms with Crippen LogP contribution < -0.4 is 5.32 Å². The number of carbonyl (C=O) groups excluding carboxylic acids is 3. The molecule has 2 fully saturated rings. The van der Waals surface area contributed by atoms with Crippen LogP contribution in [0.15, 0.2) is 6.07 Å². The topological polar surface area (TPSA) is 109 Å². The number of nitrogens with one attached hydrogen (secondary N) is 1. The summed E-state index contributed by atoms with van der Waals surface area (Å²) in [6, 6.07) is 0.0511. The predicted molar refractivity (Wildman–Crippen MR) is 99.7 cm³/mol. The second kappa shape index (κ2) is 6.89. The number of amides is 2. The maximum Gasteiger partial charge on any atom is 0.351 e. The number of rotatable bonds is 3. The number of nitrogens with zero attached hydrogens (tertiary/aromatic N) is 2. The molecule has 2 atom stereocenters. The number of phenols is 1. The van der Waals surface area contributed by atoms with Crippen LogP contribution in [-0.4, -0.2) is 43.7 Å². The highest BCUT2D eigenvalue weighted by atomic mass is 32.2. The van der Waals surface area contributed by atoms with Crippen molar-refractivity contribution in [1.29, 1.82) is 0 Å². The van der Waals surface area contributed by atoms with E-state index in [0.29, 0.717) is 10.1 Å². The number of hydrogen-bond acceptors (Lipinski definition) is 9. The number of hydrogen-bond donors (Lipinski definition) is 2. The van der Waals surface area contributed by atoms with E-state index in [-0.39, 0.29) is 23.1 Å². The predicted octanol–water partition coefficient (Wildman–Crippen LogP) is 2.37. The zero-order chi connectivity index (χ0) is 21.1. The van der Waals surface area contributed by atoms with Crippen LogP contribution in [0.4, 0.5) is 8.78 Å². The van der Waals surface area contributed by atoms with Crippen molar-refractivity contribution in [3.05, 3.63) is 22.7 Å². The van der Waals surface area contributed by atoms with E-state index >= 15 is 0 Å².